The van der Waals surface area contributed by atoms with Crippen molar-refractivity contribution in [3.05, 3.63) is 0 Å². The summed E-state index contributed by atoms with van der Waals surface area (Å²) >= 11 is 0. The van der Waals surface area contributed by atoms with Crippen LogP contribution in [0, 0.1) is 0 Å². The Hall–Kier alpha value is -0.0231. The van der Waals surface area contributed by atoms with Crippen molar-refractivity contribution in [2.45, 2.75) is 47.1 Å². The van der Waals surface area contributed by atoms with Crippen molar-refractivity contribution in [2.75, 3.05) is 78.7 Å². The molecule has 1 saturated heterocycles. The van der Waals surface area contributed by atoms with Crippen LogP contribution in [0.15, 0.2) is 0 Å². The van der Waals surface area contributed by atoms with Crippen molar-refractivity contribution in [2.24, 2.45) is 0 Å². The van der Waals surface area contributed by atoms with E-state index in [1.54, 1.807) is 0 Å². The quantitative estimate of drug-likeness (QED) is 0.400. The lowest BCUT2D eigenvalue weighted by molar-refractivity contribution is 0.0685. The second kappa shape index (κ2) is 14.0. The van der Waals surface area contributed by atoms with Crippen LogP contribution in [0.5, 0.6) is 0 Å². The molecular weight excluding hydrogens is 346 g/mol. The molecule has 1 fully saturated rings. The maximum absolute atomic E-state index is 5.96. The van der Waals surface area contributed by atoms with Crippen molar-refractivity contribution in [1.29, 1.82) is 0 Å². The van der Waals surface area contributed by atoms with Crippen molar-refractivity contribution >= 4 is 8.80 Å². The Bertz CT molecular complexity index is 321. The zero-order valence-corrected chi connectivity index (χ0v) is 19.0. The van der Waals surface area contributed by atoms with Gasteiger partial charge >= 0.3 is 8.80 Å². The first-order valence-corrected chi connectivity index (χ1v) is 12.6. The topological polar surface area (TPSA) is 37.4 Å². The van der Waals surface area contributed by atoms with E-state index in [1.807, 2.05) is 20.8 Å². The first-order valence-electron chi connectivity index (χ1n) is 10.7. The Morgan fingerprint density at radius 1 is 0.731 bits per heavy atom. The summed E-state index contributed by atoms with van der Waals surface area (Å²) in [5, 5.41) is 0. The van der Waals surface area contributed by atoms with Crippen LogP contribution in [0.2, 0.25) is 6.04 Å². The fraction of sp³-hybridized carbons (Fsp3) is 1.00. The van der Waals surface area contributed by atoms with Gasteiger partial charge in [0.1, 0.15) is 0 Å². The lowest BCUT2D eigenvalue weighted by Gasteiger charge is -2.36. The summed E-state index contributed by atoms with van der Waals surface area (Å²) in [7, 11) is -2.47. The van der Waals surface area contributed by atoms with E-state index in [1.165, 1.54) is 39.3 Å². The summed E-state index contributed by atoms with van der Waals surface area (Å²) < 4.78 is 17.9. The van der Waals surface area contributed by atoms with E-state index in [4.69, 9.17) is 13.3 Å². The first kappa shape index (κ1) is 24.0. The maximum Gasteiger partial charge on any atom is 0.500 e. The van der Waals surface area contributed by atoms with E-state index >= 15 is 0 Å². The van der Waals surface area contributed by atoms with Gasteiger partial charge in [-0.2, -0.15) is 0 Å². The van der Waals surface area contributed by atoms with Gasteiger partial charge in [0.2, 0.25) is 0 Å². The molecule has 1 aliphatic heterocycles. The molecule has 0 aliphatic carbocycles. The van der Waals surface area contributed by atoms with Gasteiger partial charge in [-0.25, -0.2) is 0 Å². The Morgan fingerprint density at radius 3 is 1.62 bits per heavy atom. The number of hydrogen-bond donors (Lipinski definition) is 0. The van der Waals surface area contributed by atoms with Crippen molar-refractivity contribution in [1.82, 2.24) is 14.7 Å². The first-order chi connectivity index (χ1) is 12.6. The second-order valence-electron chi connectivity index (χ2n) is 6.80. The van der Waals surface area contributed by atoms with Gasteiger partial charge in [0.25, 0.3) is 0 Å². The summed E-state index contributed by atoms with van der Waals surface area (Å²) in [5.41, 5.74) is 0. The van der Waals surface area contributed by atoms with Gasteiger partial charge < -0.3 is 23.1 Å². The molecule has 0 bridgehead atoms. The fourth-order valence-corrected chi connectivity index (χ4v) is 6.17. The van der Waals surface area contributed by atoms with Crippen LogP contribution >= 0.6 is 0 Å². The van der Waals surface area contributed by atoms with Gasteiger partial charge in [-0.05, 0) is 46.8 Å². The molecule has 1 rings (SSSR count). The van der Waals surface area contributed by atoms with E-state index in [-0.39, 0.29) is 0 Å². The second-order valence-corrected chi connectivity index (χ2v) is 9.53. The minimum atomic E-state index is -2.47. The van der Waals surface area contributed by atoms with Gasteiger partial charge in [0.15, 0.2) is 0 Å². The normalized spacial score (nSPS) is 17.3. The predicted molar refractivity (Wildman–Crippen MR) is 111 cm³/mol. The molecule has 0 spiro atoms. The SMILES string of the molecule is CCO[Si](CCCN1CCN(CCN(CC)CC)CC1)(OCC)OCC. The molecule has 0 N–H and O–H groups in total. The van der Waals surface area contributed by atoms with Crippen LogP contribution in [0.25, 0.3) is 0 Å². The third kappa shape index (κ3) is 8.78. The average molecular weight is 390 g/mol. The summed E-state index contributed by atoms with van der Waals surface area (Å²) in [6.07, 6.45) is 1.09. The number of piperazine rings is 1. The largest absolute Gasteiger partial charge is 0.500 e. The van der Waals surface area contributed by atoms with Crippen LogP contribution in [-0.2, 0) is 13.3 Å². The molecule has 1 aliphatic rings. The minimum absolute atomic E-state index is 0.664. The average Bonchev–Trinajstić information content (AvgIpc) is 2.64. The van der Waals surface area contributed by atoms with Gasteiger partial charge in [-0.3, -0.25) is 4.90 Å². The molecule has 0 saturated carbocycles. The molecule has 0 amide bonds. The summed E-state index contributed by atoms with van der Waals surface area (Å²) in [4.78, 5) is 7.69. The van der Waals surface area contributed by atoms with Crippen LogP contribution in [-0.4, -0.2) is 102 Å². The molecular formula is C19H43N3O3Si. The highest BCUT2D eigenvalue weighted by atomic mass is 28.4. The van der Waals surface area contributed by atoms with Crippen molar-refractivity contribution < 1.29 is 13.3 Å². The monoisotopic (exact) mass is 389 g/mol. The molecule has 7 heteroatoms. The van der Waals surface area contributed by atoms with Crippen molar-refractivity contribution in [3.63, 3.8) is 0 Å². The lowest BCUT2D eigenvalue weighted by Crippen LogP contribution is -2.49. The molecule has 0 radical (unpaired) electrons. The van der Waals surface area contributed by atoms with Crippen molar-refractivity contribution in [3.8, 4) is 0 Å². The van der Waals surface area contributed by atoms with Crippen LogP contribution in [0.3, 0.4) is 0 Å². The molecule has 0 aromatic rings. The molecule has 1 heterocycles. The maximum atomic E-state index is 5.96. The Kier molecular flexibility index (Phi) is 13.0. The Balaban J connectivity index is 2.29. The lowest BCUT2D eigenvalue weighted by atomic mass is 10.3. The predicted octanol–water partition coefficient (Wildman–Crippen LogP) is 2.38. The Morgan fingerprint density at radius 2 is 1.19 bits per heavy atom. The molecule has 6 nitrogen and oxygen atoms in total. The van der Waals surface area contributed by atoms with E-state index in [0.717, 1.165) is 32.1 Å². The van der Waals surface area contributed by atoms with Crippen LogP contribution in [0.4, 0.5) is 0 Å². The zero-order chi connectivity index (χ0) is 19.3. The molecule has 156 valence electrons. The number of rotatable bonds is 15. The number of likely N-dealkylation sites (N-methyl/N-ethyl adjacent to an activating group) is 1. The summed E-state index contributed by atoms with van der Waals surface area (Å²) in [6.45, 7) is 23.1. The van der Waals surface area contributed by atoms with E-state index < -0.39 is 8.80 Å². The highest BCUT2D eigenvalue weighted by Crippen LogP contribution is 2.19. The van der Waals surface area contributed by atoms with Gasteiger partial charge in [0.05, 0.1) is 0 Å². The highest BCUT2D eigenvalue weighted by Gasteiger charge is 2.39. The molecule has 0 atom stereocenters. The summed E-state index contributed by atoms with van der Waals surface area (Å²) in [5.74, 6) is 0. The van der Waals surface area contributed by atoms with Gasteiger partial charge in [-0.1, -0.05) is 13.8 Å². The molecule has 0 aromatic heterocycles. The summed E-state index contributed by atoms with van der Waals surface area (Å²) in [6, 6.07) is 0.921. The van der Waals surface area contributed by atoms with E-state index in [0.29, 0.717) is 19.8 Å². The van der Waals surface area contributed by atoms with E-state index in [9.17, 15) is 0 Å². The van der Waals surface area contributed by atoms with Gasteiger partial charge in [0, 0.05) is 65.1 Å². The van der Waals surface area contributed by atoms with E-state index in [2.05, 4.69) is 28.5 Å². The third-order valence-corrected chi connectivity index (χ3v) is 8.29. The smallest absolute Gasteiger partial charge is 0.374 e. The Labute approximate surface area is 163 Å². The minimum Gasteiger partial charge on any atom is -0.374 e. The van der Waals surface area contributed by atoms with Crippen LogP contribution in [0.1, 0.15) is 41.0 Å². The zero-order valence-electron chi connectivity index (χ0n) is 18.0. The molecule has 0 unspecified atom stereocenters. The molecule has 0 aromatic carbocycles. The standard InChI is InChI=1S/C19H43N3O3Si/c1-6-20(7-2)13-14-22-17-15-21(16-18-22)12-11-19-26(23-8-3,24-9-4)25-10-5/h6-19H2,1-5H3. The highest BCUT2D eigenvalue weighted by molar-refractivity contribution is 6.60. The fourth-order valence-electron chi connectivity index (χ4n) is 3.58. The number of hydrogen-bond acceptors (Lipinski definition) is 6. The molecule has 26 heavy (non-hydrogen) atoms. The van der Waals surface area contributed by atoms with Gasteiger partial charge in [-0.15, -0.1) is 0 Å². The third-order valence-electron chi connectivity index (χ3n) is 5.14. The van der Waals surface area contributed by atoms with Crippen LogP contribution < -0.4 is 0 Å². The number of nitrogens with zero attached hydrogens (tertiary/aromatic N) is 3.